The maximum absolute atomic E-state index is 11.3. The maximum Gasteiger partial charge on any atom is 0.375 e. The molecular formula is C10H14NO3+. The molecule has 0 aliphatic heterocycles. The molecule has 0 aliphatic rings. The van der Waals surface area contributed by atoms with Gasteiger partial charge in [-0.1, -0.05) is 0 Å². The molecule has 4 nitrogen and oxygen atoms in total. The second-order valence-corrected chi connectivity index (χ2v) is 2.94. The van der Waals surface area contributed by atoms with Gasteiger partial charge in [-0.15, -0.1) is 0 Å². The molecule has 0 radical (unpaired) electrons. The molecule has 0 saturated heterocycles. The van der Waals surface area contributed by atoms with E-state index in [9.17, 15) is 9.90 Å². The number of carbonyl (C=O) groups is 1. The van der Waals surface area contributed by atoms with Gasteiger partial charge in [0.05, 0.1) is 6.61 Å². The first-order valence-corrected chi connectivity index (χ1v) is 4.51. The number of aromatic nitrogens is 1. The summed E-state index contributed by atoms with van der Waals surface area (Å²) in [6.45, 7) is 3.84. The number of hydrogen-bond donors (Lipinski definition) is 1. The van der Waals surface area contributed by atoms with E-state index in [1.165, 1.54) is 6.20 Å². The number of rotatable bonds is 3. The van der Waals surface area contributed by atoms with E-state index in [0.29, 0.717) is 6.61 Å². The zero-order valence-electron chi connectivity index (χ0n) is 8.30. The molecule has 0 fully saturated rings. The first-order valence-electron chi connectivity index (χ1n) is 4.51. The monoisotopic (exact) mass is 196 g/mol. The van der Waals surface area contributed by atoms with Crippen LogP contribution in [0.5, 0.6) is 5.75 Å². The minimum absolute atomic E-state index is 0.128. The van der Waals surface area contributed by atoms with Gasteiger partial charge in [-0.25, -0.2) is 4.79 Å². The molecular weight excluding hydrogens is 182 g/mol. The van der Waals surface area contributed by atoms with Gasteiger partial charge in [-0.3, -0.25) is 0 Å². The van der Waals surface area contributed by atoms with Crippen LogP contribution in [0.15, 0.2) is 24.5 Å². The Bertz CT molecular complexity index is 325. The van der Waals surface area contributed by atoms with E-state index in [1.54, 1.807) is 36.7 Å². The fourth-order valence-corrected chi connectivity index (χ4v) is 1.11. The van der Waals surface area contributed by atoms with Gasteiger partial charge in [0.1, 0.15) is 0 Å². The fourth-order valence-electron chi connectivity index (χ4n) is 1.11. The minimum Gasteiger partial charge on any atom is -0.503 e. The van der Waals surface area contributed by atoms with Crippen molar-refractivity contribution in [1.29, 1.82) is 0 Å². The molecule has 14 heavy (non-hydrogen) atoms. The Hall–Kier alpha value is -1.58. The van der Waals surface area contributed by atoms with Crippen LogP contribution in [0.25, 0.3) is 0 Å². The van der Waals surface area contributed by atoms with Crippen molar-refractivity contribution < 1.29 is 19.2 Å². The molecule has 1 aromatic rings. The molecule has 0 spiro atoms. The van der Waals surface area contributed by atoms with Crippen molar-refractivity contribution in [1.82, 2.24) is 0 Å². The molecule has 0 saturated carbocycles. The Morgan fingerprint density at radius 1 is 1.71 bits per heavy atom. The maximum atomic E-state index is 11.3. The van der Waals surface area contributed by atoms with Crippen molar-refractivity contribution in [3.8, 4) is 5.75 Å². The van der Waals surface area contributed by atoms with E-state index < -0.39 is 6.04 Å². The second kappa shape index (κ2) is 4.60. The summed E-state index contributed by atoms with van der Waals surface area (Å²) in [6, 6.07) is 2.81. The van der Waals surface area contributed by atoms with E-state index in [-0.39, 0.29) is 11.7 Å². The van der Waals surface area contributed by atoms with E-state index in [2.05, 4.69) is 0 Å². The van der Waals surface area contributed by atoms with Gasteiger partial charge in [0.15, 0.2) is 11.9 Å². The number of carbonyl (C=O) groups excluding carboxylic acids is 1. The summed E-state index contributed by atoms with van der Waals surface area (Å²) < 4.78 is 6.46. The predicted octanol–water partition coefficient (Wildman–Crippen LogP) is 0.804. The van der Waals surface area contributed by atoms with Gasteiger partial charge in [-0.2, -0.15) is 4.57 Å². The Morgan fingerprint density at radius 3 is 3.00 bits per heavy atom. The lowest BCUT2D eigenvalue weighted by Crippen LogP contribution is -2.42. The molecule has 1 unspecified atom stereocenters. The normalized spacial score (nSPS) is 12.1. The van der Waals surface area contributed by atoms with E-state index >= 15 is 0 Å². The van der Waals surface area contributed by atoms with Crippen LogP contribution in [0.1, 0.15) is 19.9 Å². The molecule has 1 N–H and O–H groups in total. The third-order valence-corrected chi connectivity index (χ3v) is 1.88. The number of hydrogen-bond acceptors (Lipinski definition) is 3. The average Bonchev–Trinajstić information content (AvgIpc) is 2.17. The summed E-state index contributed by atoms with van der Waals surface area (Å²) in [5, 5.41) is 9.20. The van der Waals surface area contributed by atoms with Crippen molar-refractivity contribution in [3.05, 3.63) is 24.5 Å². The Kier molecular flexibility index (Phi) is 3.45. The van der Waals surface area contributed by atoms with Crippen LogP contribution in [0.4, 0.5) is 0 Å². The van der Waals surface area contributed by atoms with Gasteiger partial charge in [0, 0.05) is 13.0 Å². The van der Waals surface area contributed by atoms with E-state index in [1.807, 2.05) is 0 Å². The zero-order valence-corrected chi connectivity index (χ0v) is 8.30. The highest BCUT2D eigenvalue weighted by Crippen LogP contribution is 2.04. The smallest absolute Gasteiger partial charge is 0.375 e. The Morgan fingerprint density at radius 2 is 2.43 bits per heavy atom. The summed E-state index contributed by atoms with van der Waals surface area (Å²) >= 11 is 0. The SMILES string of the molecule is CCOC(=O)C(C)[n+]1cccc(O)c1. The van der Waals surface area contributed by atoms with Crippen molar-refractivity contribution in [3.63, 3.8) is 0 Å². The summed E-state index contributed by atoms with van der Waals surface area (Å²) in [4.78, 5) is 11.3. The molecule has 0 aromatic carbocycles. The molecule has 1 rings (SSSR count). The van der Waals surface area contributed by atoms with E-state index in [4.69, 9.17) is 4.74 Å². The lowest BCUT2D eigenvalue weighted by molar-refractivity contribution is -0.707. The Labute approximate surface area is 82.8 Å². The van der Waals surface area contributed by atoms with Crippen LogP contribution in [0.2, 0.25) is 0 Å². The van der Waals surface area contributed by atoms with Crippen LogP contribution < -0.4 is 4.57 Å². The lowest BCUT2D eigenvalue weighted by atomic mass is 10.3. The Balaban J connectivity index is 2.78. The summed E-state index contributed by atoms with van der Waals surface area (Å²) in [7, 11) is 0. The topological polar surface area (TPSA) is 50.4 Å². The second-order valence-electron chi connectivity index (χ2n) is 2.94. The standard InChI is InChI=1S/C10H13NO3/c1-3-14-10(13)8(2)11-6-4-5-9(12)7-11/h4-8H,3H2,1-2H3/p+1. The molecule has 1 heterocycles. The van der Waals surface area contributed by atoms with Crippen molar-refractivity contribution in [2.75, 3.05) is 6.61 Å². The number of pyridine rings is 1. The average molecular weight is 196 g/mol. The molecule has 0 bridgehead atoms. The van der Waals surface area contributed by atoms with Crippen LogP contribution in [-0.4, -0.2) is 17.7 Å². The number of aromatic hydroxyl groups is 1. The molecule has 0 amide bonds. The van der Waals surface area contributed by atoms with E-state index in [0.717, 1.165) is 0 Å². The predicted molar refractivity (Wildman–Crippen MR) is 49.6 cm³/mol. The van der Waals surface area contributed by atoms with Crippen LogP contribution >= 0.6 is 0 Å². The first-order chi connectivity index (χ1) is 6.65. The lowest BCUT2D eigenvalue weighted by Gasteiger charge is -2.05. The van der Waals surface area contributed by atoms with Gasteiger partial charge < -0.3 is 9.84 Å². The first kappa shape index (κ1) is 10.5. The van der Waals surface area contributed by atoms with Crippen LogP contribution in [-0.2, 0) is 9.53 Å². The quantitative estimate of drug-likeness (QED) is 0.574. The van der Waals surface area contributed by atoms with Gasteiger partial charge in [0.25, 0.3) is 6.04 Å². The zero-order chi connectivity index (χ0) is 10.6. The minimum atomic E-state index is -0.415. The van der Waals surface area contributed by atoms with Gasteiger partial charge in [-0.05, 0) is 13.0 Å². The number of nitrogens with zero attached hydrogens (tertiary/aromatic N) is 1. The number of ether oxygens (including phenoxy) is 1. The molecule has 76 valence electrons. The van der Waals surface area contributed by atoms with Crippen LogP contribution in [0, 0.1) is 0 Å². The summed E-state index contributed by atoms with van der Waals surface area (Å²) in [5.74, 6) is -0.174. The molecule has 0 aliphatic carbocycles. The van der Waals surface area contributed by atoms with Gasteiger partial charge in [0.2, 0.25) is 6.20 Å². The highest BCUT2D eigenvalue weighted by molar-refractivity contribution is 5.71. The van der Waals surface area contributed by atoms with Crippen molar-refractivity contribution in [2.45, 2.75) is 19.9 Å². The van der Waals surface area contributed by atoms with Crippen molar-refractivity contribution in [2.24, 2.45) is 0 Å². The number of esters is 1. The third-order valence-electron chi connectivity index (χ3n) is 1.88. The van der Waals surface area contributed by atoms with Crippen molar-refractivity contribution >= 4 is 5.97 Å². The van der Waals surface area contributed by atoms with Gasteiger partial charge >= 0.3 is 5.97 Å². The summed E-state index contributed by atoms with van der Waals surface area (Å²) in [6.07, 6.45) is 3.20. The molecule has 1 atom stereocenters. The molecule has 4 heteroatoms. The summed E-state index contributed by atoms with van der Waals surface area (Å²) in [5.41, 5.74) is 0. The highest BCUT2D eigenvalue weighted by atomic mass is 16.5. The van der Waals surface area contributed by atoms with Crippen LogP contribution in [0.3, 0.4) is 0 Å². The largest absolute Gasteiger partial charge is 0.503 e. The fraction of sp³-hybridized carbons (Fsp3) is 0.400. The third kappa shape index (κ3) is 2.45. The highest BCUT2D eigenvalue weighted by Gasteiger charge is 2.23. The molecule has 1 aromatic heterocycles.